The molecule has 0 saturated heterocycles. The molecule has 4 nitrogen and oxygen atoms in total. The fraction of sp³-hybridized carbons (Fsp3) is 0.333. The van der Waals surface area contributed by atoms with Crippen molar-refractivity contribution in [2.45, 2.75) is 13.8 Å². The first-order chi connectivity index (χ1) is 4.75. The summed E-state index contributed by atoms with van der Waals surface area (Å²) in [5.41, 5.74) is 1.47. The van der Waals surface area contributed by atoms with Gasteiger partial charge in [0.15, 0.2) is 0 Å². The first kappa shape index (κ1) is 6.80. The van der Waals surface area contributed by atoms with Crippen molar-refractivity contribution in [3.05, 3.63) is 17.0 Å². The zero-order valence-corrected chi connectivity index (χ0v) is 5.83. The lowest BCUT2D eigenvalue weighted by atomic mass is 10.2. The van der Waals surface area contributed by atoms with Crippen LogP contribution in [0.5, 0.6) is 0 Å². The van der Waals surface area contributed by atoms with Crippen LogP contribution < -0.4 is 0 Å². The number of aromatic nitrogens is 1. The van der Waals surface area contributed by atoms with Gasteiger partial charge in [0.25, 0.3) is 0 Å². The second-order valence-electron chi connectivity index (χ2n) is 1.98. The molecule has 1 heterocycles. The summed E-state index contributed by atoms with van der Waals surface area (Å²) in [6.45, 7) is 3.55. The molecule has 4 heteroatoms. The Morgan fingerprint density at radius 2 is 2.30 bits per heavy atom. The van der Waals surface area contributed by atoms with Gasteiger partial charge < -0.3 is 9.73 Å². The number of rotatable bonds is 1. The molecule has 0 atom stereocenters. The molecule has 10 heavy (non-hydrogen) atoms. The third-order valence-electron chi connectivity index (χ3n) is 1.28. The summed E-state index contributed by atoms with van der Waals surface area (Å²) in [7, 11) is 0. The molecule has 1 rings (SSSR count). The van der Waals surface area contributed by atoms with E-state index in [2.05, 4.69) is 10.3 Å². The monoisotopic (exact) mass is 140 g/mol. The van der Waals surface area contributed by atoms with Crippen LogP contribution in [0.2, 0.25) is 0 Å². The Labute approximate surface area is 58.1 Å². The highest BCUT2D eigenvalue weighted by Gasteiger charge is 2.04. The molecule has 54 valence electrons. The van der Waals surface area contributed by atoms with Crippen LogP contribution in [-0.2, 0) is 0 Å². The molecular formula is C6H8N2O2. The van der Waals surface area contributed by atoms with Crippen molar-refractivity contribution >= 4 is 6.21 Å². The standard InChI is InChI=1S/C6H8N2O2/c1-4-6(3-7-9)5(2)10-8-4/h3,9H,1-2H3/b7-3+. The number of hydrogen-bond acceptors (Lipinski definition) is 4. The largest absolute Gasteiger partial charge is 0.411 e. The predicted molar refractivity (Wildman–Crippen MR) is 35.4 cm³/mol. The third-order valence-corrected chi connectivity index (χ3v) is 1.28. The molecule has 0 unspecified atom stereocenters. The van der Waals surface area contributed by atoms with E-state index >= 15 is 0 Å². The third kappa shape index (κ3) is 1.00. The van der Waals surface area contributed by atoms with Crippen LogP contribution in [0.4, 0.5) is 0 Å². The van der Waals surface area contributed by atoms with Crippen LogP contribution in [0.1, 0.15) is 17.0 Å². The summed E-state index contributed by atoms with van der Waals surface area (Å²) in [4.78, 5) is 0. The highest BCUT2D eigenvalue weighted by atomic mass is 16.5. The smallest absolute Gasteiger partial charge is 0.142 e. The zero-order chi connectivity index (χ0) is 7.56. The van der Waals surface area contributed by atoms with Gasteiger partial charge in [-0.05, 0) is 13.8 Å². The molecule has 0 aliphatic heterocycles. The highest BCUT2D eigenvalue weighted by molar-refractivity contribution is 5.81. The summed E-state index contributed by atoms with van der Waals surface area (Å²) in [6.07, 6.45) is 1.31. The molecule has 0 radical (unpaired) electrons. The summed E-state index contributed by atoms with van der Waals surface area (Å²) in [6, 6.07) is 0. The number of oxime groups is 1. The lowest BCUT2D eigenvalue weighted by molar-refractivity contribution is 0.321. The van der Waals surface area contributed by atoms with E-state index in [0.29, 0.717) is 5.76 Å². The van der Waals surface area contributed by atoms with Crippen molar-refractivity contribution in [2.24, 2.45) is 5.16 Å². The van der Waals surface area contributed by atoms with E-state index in [1.165, 1.54) is 6.21 Å². The first-order valence-corrected chi connectivity index (χ1v) is 2.86. The van der Waals surface area contributed by atoms with Gasteiger partial charge in [-0.15, -0.1) is 0 Å². The van der Waals surface area contributed by atoms with Gasteiger partial charge in [0.1, 0.15) is 5.76 Å². The van der Waals surface area contributed by atoms with Gasteiger partial charge in [-0.25, -0.2) is 0 Å². The molecular weight excluding hydrogens is 132 g/mol. The van der Waals surface area contributed by atoms with E-state index in [0.717, 1.165) is 11.3 Å². The molecule has 0 spiro atoms. The molecule has 0 saturated carbocycles. The Morgan fingerprint density at radius 1 is 1.60 bits per heavy atom. The van der Waals surface area contributed by atoms with E-state index in [1.54, 1.807) is 13.8 Å². The molecule has 1 aromatic rings. The fourth-order valence-corrected chi connectivity index (χ4v) is 0.732. The molecule has 0 aromatic carbocycles. The van der Waals surface area contributed by atoms with E-state index in [9.17, 15) is 0 Å². The van der Waals surface area contributed by atoms with Crippen molar-refractivity contribution in [3.63, 3.8) is 0 Å². The van der Waals surface area contributed by atoms with Crippen molar-refractivity contribution in [2.75, 3.05) is 0 Å². The van der Waals surface area contributed by atoms with Gasteiger partial charge >= 0.3 is 0 Å². The van der Waals surface area contributed by atoms with Gasteiger partial charge in [0, 0.05) is 0 Å². The lowest BCUT2D eigenvalue weighted by Gasteiger charge is -1.83. The Hall–Kier alpha value is -1.32. The minimum atomic E-state index is 0.662. The van der Waals surface area contributed by atoms with Gasteiger partial charge in [0.2, 0.25) is 0 Å². The molecule has 0 fully saturated rings. The zero-order valence-electron chi connectivity index (χ0n) is 5.83. The van der Waals surface area contributed by atoms with Crippen molar-refractivity contribution in [1.82, 2.24) is 5.16 Å². The van der Waals surface area contributed by atoms with Gasteiger partial charge in [0.05, 0.1) is 17.5 Å². The average molecular weight is 140 g/mol. The minimum Gasteiger partial charge on any atom is -0.411 e. The molecule has 0 aliphatic carbocycles. The van der Waals surface area contributed by atoms with Gasteiger partial charge in [-0.3, -0.25) is 0 Å². The quantitative estimate of drug-likeness (QED) is 0.361. The van der Waals surface area contributed by atoms with Crippen molar-refractivity contribution in [1.29, 1.82) is 0 Å². The fourth-order valence-electron chi connectivity index (χ4n) is 0.732. The lowest BCUT2D eigenvalue weighted by Crippen LogP contribution is -1.83. The first-order valence-electron chi connectivity index (χ1n) is 2.86. The molecule has 1 aromatic heterocycles. The Bertz CT molecular complexity index is 233. The number of aryl methyl sites for hydroxylation is 2. The van der Waals surface area contributed by atoms with Crippen LogP contribution >= 0.6 is 0 Å². The molecule has 0 bridgehead atoms. The van der Waals surface area contributed by atoms with Gasteiger partial charge in [-0.2, -0.15) is 0 Å². The Balaban J connectivity index is 3.10. The van der Waals surface area contributed by atoms with Crippen LogP contribution in [0.25, 0.3) is 0 Å². The van der Waals surface area contributed by atoms with E-state index in [4.69, 9.17) is 9.73 Å². The van der Waals surface area contributed by atoms with Crippen LogP contribution in [0.3, 0.4) is 0 Å². The maximum absolute atomic E-state index is 8.19. The van der Waals surface area contributed by atoms with E-state index in [-0.39, 0.29) is 0 Å². The Kier molecular flexibility index (Phi) is 1.71. The average Bonchev–Trinajstić information content (AvgIpc) is 2.20. The SMILES string of the molecule is Cc1noc(C)c1/C=N/O. The maximum Gasteiger partial charge on any atom is 0.142 e. The topological polar surface area (TPSA) is 58.6 Å². The van der Waals surface area contributed by atoms with E-state index < -0.39 is 0 Å². The van der Waals surface area contributed by atoms with Gasteiger partial charge in [-0.1, -0.05) is 10.3 Å². The predicted octanol–water partition coefficient (Wildman–Crippen LogP) is 1.10. The second kappa shape index (κ2) is 2.51. The van der Waals surface area contributed by atoms with E-state index in [1.807, 2.05) is 0 Å². The van der Waals surface area contributed by atoms with Crippen LogP contribution in [-0.4, -0.2) is 16.6 Å². The summed E-state index contributed by atoms with van der Waals surface area (Å²) in [5, 5.41) is 14.7. The molecule has 1 N–H and O–H groups in total. The minimum absolute atomic E-state index is 0.662. The molecule has 0 aliphatic rings. The highest BCUT2D eigenvalue weighted by Crippen LogP contribution is 2.08. The number of hydrogen-bond donors (Lipinski definition) is 1. The number of nitrogens with zero attached hydrogens (tertiary/aromatic N) is 2. The molecule has 0 amide bonds. The second-order valence-corrected chi connectivity index (χ2v) is 1.98. The summed E-state index contributed by atoms with van der Waals surface area (Å²) < 4.78 is 4.80. The van der Waals surface area contributed by atoms with Crippen LogP contribution in [0.15, 0.2) is 9.68 Å². The summed E-state index contributed by atoms with van der Waals surface area (Å²) >= 11 is 0. The summed E-state index contributed by atoms with van der Waals surface area (Å²) in [5.74, 6) is 0.662. The van der Waals surface area contributed by atoms with Crippen molar-refractivity contribution in [3.8, 4) is 0 Å². The Morgan fingerprint density at radius 3 is 2.70 bits per heavy atom. The normalized spacial score (nSPS) is 11.0. The maximum atomic E-state index is 8.19. The van der Waals surface area contributed by atoms with Crippen LogP contribution in [0, 0.1) is 13.8 Å². The van der Waals surface area contributed by atoms with Crippen molar-refractivity contribution < 1.29 is 9.73 Å².